The number of carbonyl (C=O) groups is 5. The van der Waals surface area contributed by atoms with Crippen LogP contribution in [0.2, 0.25) is 0 Å². The van der Waals surface area contributed by atoms with Gasteiger partial charge in [-0.3, -0.25) is 28.8 Å². The van der Waals surface area contributed by atoms with Gasteiger partial charge >= 0.3 is 0 Å². The molecule has 2 unspecified atom stereocenters. The van der Waals surface area contributed by atoms with E-state index in [0.29, 0.717) is 17.5 Å². The van der Waals surface area contributed by atoms with Crippen LogP contribution in [0.4, 0.5) is 5.69 Å². The summed E-state index contributed by atoms with van der Waals surface area (Å²) >= 11 is 0. The van der Waals surface area contributed by atoms with E-state index in [4.69, 9.17) is 4.52 Å². The number of carbonyl (C=O) groups excluding carboxylic acids is 5. The molecule has 2 saturated carbocycles. The minimum Gasteiger partial charge on any atom is -0.361 e. The van der Waals surface area contributed by atoms with Crippen LogP contribution in [0.1, 0.15) is 66.8 Å². The number of nitrogens with zero attached hydrogens (tertiary/aromatic N) is 2. The molecular formula is C28H36N6O7. The van der Waals surface area contributed by atoms with Crippen LogP contribution >= 0.6 is 0 Å². The molecule has 2 bridgehead atoms. The summed E-state index contributed by atoms with van der Waals surface area (Å²) in [6.07, 6.45) is 6.53. The Balaban J connectivity index is 1.46. The van der Waals surface area contributed by atoms with E-state index in [9.17, 15) is 28.8 Å². The monoisotopic (exact) mass is 568 g/mol. The molecule has 2 aromatic rings. The third-order valence-electron chi connectivity index (χ3n) is 8.02. The SMILES string of the molecule is CNC(=O)C(=O)CC[C@H](NC(=O)c1c(C)noc1C)C(=O)Nc1cccn(CC(=O)NC2C3CCCC2CC3)c1=O. The molecule has 41 heavy (non-hydrogen) atoms. The largest absolute Gasteiger partial charge is 0.361 e. The highest BCUT2D eigenvalue weighted by atomic mass is 16.5. The minimum atomic E-state index is -1.28. The van der Waals surface area contributed by atoms with Crippen LogP contribution in [0.25, 0.3) is 0 Å². The predicted octanol–water partition coefficient (Wildman–Crippen LogP) is 0.980. The molecule has 2 heterocycles. The molecule has 2 aliphatic carbocycles. The van der Waals surface area contributed by atoms with Crippen LogP contribution < -0.4 is 26.8 Å². The lowest BCUT2D eigenvalue weighted by molar-refractivity contribution is -0.137. The number of nitrogens with one attached hydrogen (secondary N) is 4. The van der Waals surface area contributed by atoms with Crippen molar-refractivity contribution < 1.29 is 28.5 Å². The zero-order valence-electron chi connectivity index (χ0n) is 23.5. The van der Waals surface area contributed by atoms with Crippen molar-refractivity contribution in [2.45, 2.75) is 77.4 Å². The maximum Gasteiger partial charge on any atom is 0.287 e. The third kappa shape index (κ3) is 6.90. The molecule has 13 heteroatoms. The number of likely N-dealkylation sites (N-methyl/N-ethyl adjacent to an activating group) is 1. The number of hydrogen-bond donors (Lipinski definition) is 4. The lowest BCUT2D eigenvalue weighted by Gasteiger charge is -2.30. The van der Waals surface area contributed by atoms with Gasteiger partial charge < -0.3 is 30.4 Å². The Morgan fingerprint density at radius 3 is 2.44 bits per heavy atom. The van der Waals surface area contributed by atoms with E-state index < -0.39 is 35.1 Å². The van der Waals surface area contributed by atoms with Crippen molar-refractivity contribution in [3.05, 3.63) is 45.7 Å². The molecule has 0 spiro atoms. The first-order chi connectivity index (χ1) is 19.6. The predicted molar refractivity (Wildman–Crippen MR) is 147 cm³/mol. The molecule has 4 N–H and O–H groups in total. The third-order valence-corrected chi connectivity index (χ3v) is 8.02. The highest BCUT2D eigenvalue weighted by Gasteiger charge is 2.39. The second kappa shape index (κ2) is 12.9. The van der Waals surface area contributed by atoms with Gasteiger partial charge in [0.15, 0.2) is 0 Å². The number of ketones is 1. The quantitative estimate of drug-likeness (QED) is 0.289. The van der Waals surface area contributed by atoms with Crippen LogP contribution in [-0.2, 0) is 25.7 Å². The van der Waals surface area contributed by atoms with E-state index in [1.54, 1.807) is 13.8 Å². The molecule has 0 radical (unpaired) electrons. The second-order valence-electron chi connectivity index (χ2n) is 10.7. The van der Waals surface area contributed by atoms with Crippen LogP contribution in [-0.4, -0.2) is 58.3 Å². The summed E-state index contributed by atoms with van der Waals surface area (Å²) in [4.78, 5) is 75.9. The van der Waals surface area contributed by atoms with Gasteiger partial charge in [0, 0.05) is 25.7 Å². The first-order valence-corrected chi connectivity index (χ1v) is 13.9. The molecule has 4 amide bonds. The van der Waals surface area contributed by atoms with Gasteiger partial charge in [0.2, 0.25) is 17.6 Å². The number of aromatic nitrogens is 2. The van der Waals surface area contributed by atoms with E-state index in [1.165, 1.54) is 36.4 Å². The molecule has 4 rings (SSSR count). The fraction of sp³-hybridized carbons (Fsp3) is 0.536. The summed E-state index contributed by atoms with van der Waals surface area (Å²) in [6.45, 7) is 2.91. The first-order valence-electron chi connectivity index (χ1n) is 13.9. The lowest BCUT2D eigenvalue weighted by atomic mass is 9.84. The zero-order valence-corrected chi connectivity index (χ0v) is 23.5. The van der Waals surface area contributed by atoms with Crippen molar-refractivity contribution in [1.82, 2.24) is 25.7 Å². The lowest BCUT2D eigenvalue weighted by Crippen LogP contribution is -2.46. The number of hydrogen-bond acceptors (Lipinski definition) is 8. The molecule has 0 saturated heterocycles. The fourth-order valence-corrected chi connectivity index (χ4v) is 5.90. The summed E-state index contributed by atoms with van der Waals surface area (Å²) in [7, 11) is 1.31. The Kier molecular flexibility index (Phi) is 9.35. The summed E-state index contributed by atoms with van der Waals surface area (Å²) in [6, 6.07) is 1.78. The van der Waals surface area contributed by atoms with Crippen molar-refractivity contribution in [3.8, 4) is 0 Å². The number of Topliss-reactive ketones (excluding diaryl/α,β-unsaturated/α-hetero) is 1. The topological polar surface area (TPSA) is 182 Å². The van der Waals surface area contributed by atoms with Gasteiger partial charge in [-0.2, -0.15) is 0 Å². The summed E-state index contributed by atoms with van der Waals surface area (Å²) < 4.78 is 6.24. The standard InChI is InChI=1S/C28H36N6O7/c1-15-23(16(2)41-33-15)27(39)30-19(11-12-21(35)26(38)29-3)25(37)31-20-8-5-13-34(28(20)40)14-22(36)32-24-17-6-4-7-18(24)10-9-17/h5,8,13,17-19,24H,4,6-7,9-12,14H2,1-3H3,(H,29,38)(H,30,39)(H,31,37)(H,32,36)/t17?,18?,19-,24?/m0/s1. The molecule has 13 nitrogen and oxygen atoms in total. The number of rotatable bonds is 11. The van der Waals surface area contributed by atoms with Crippen molar-refractivity contribution >= 4 is 35.1 Å². The normalized spacial score (nSPS) is 20.1. The molecule has 220 valence electrons. The van der Waals surface area contributed by atoms with Crippen molar-refractivity contribution in [1.29, 1.82) is 0 Å². The molecule has 0 aliphatic heterocycles. The van der Waals surface area contributed by atoms with Crippen LogP contribution in [0.15, 0.2) is 27.6 Å². The highest BCUT2D eigenvalue weighted by molar-refractivity contribution is 6.36. The molecular weight excluding hydrogens is 532 g/mol. The summed E-state index contributed by atoms with van der Waals surface area (Å²) in [5.41, 5.74) is -0.247. The zero-order chi connectivity index (χ0) is 29.7. The van der Waals surface area contributed by atoms with E-state index in [0.717, 1.165) is 25.7 Å². The van der Waals surface area contributed by atoms with E-state index in [1.807, 2.05) is 0 Å². The fourth-order valence-electron chi connectivity index (χ4n) is 5.90. The van der Waals surface area contributed by atoms with Crippen molar-refractivity contribution in [3.63, 3.8) is 0 Å². The van der Waals surface area contributed by atoms with Crippen LogP contribution in [0.5, 0.6) is 0 Å². The van der Waals surface area contributed by atoms with Crippen LogP contribution in [0, 0.1) is 25.7 Å². The highest BCUT2D eigenvalue weighted by Crippen LogP contribution is 2.42. The van der Waals surface area contributed by atoms with E-state index in [-0.39, 0.29) is 48.3 Å². The Morgan fingerprint density at radius 1 is 1.10 bits per heavy atom. The smallest absolute Gasteiger partial charge is 0.287 e. The molecule has 2 aliphatic rings. The van der Waals surface area contributed by atoms with Gasteiger partial charge in [-0.15, -0.1) is 0 Å². The average Bonchev–Trinajstić information content (AvgIpc) is 3.37. The van der Waals surface area contributed by atoms with E-state index in [2.05, 4.69) is 26.4 Å². The number of amides is 4. The number of aryl methyl sites for hydroxylation is 2. The van der Waals surface area contributed by atoms with Crippen LogP contribution in [0.3, 0.4) is 0 Å². The number of anilines is 1. The van der Waals surface area contributed by atoms with Crippen molar-refractivity contribution in [2.24, 2.45) is 11.8 Å². The van der Waals surface area contributed by atoms with Gasteiger partial charge in [0.25, 0.3) is 17.4 Å². The van der Waals surface area contributed by atoms with Gasteiger partial charge in [-0.1, -0.05) is 11.6 Å². The molecule has 2 fully saturated rings. The Bertz CT molecular complexity index is 1360. The first kappa shape index (κ1) is 29.7. The Labute approximate surface area is 236 Å². The van der Waals surface area contributed by atoms with E-state index >= 15 is 0 Å². The maximum atomic E-state index is 13.3. The number of pyridine rings is 1. The Hall–Kier alpha value is -4.29. The second-order valence-corrected chi connectivity index (χ2v) is 10.7. The van der Waals surface area contributed by atoms with Gasteiger partial charge in [-0.05, 0) is 69.9 Å². The number of fused-ring (bicyclic) bond motifs is 2. The Morgan fingerprint density at radius 2 is 1.80 bits per heavy atom. The molecule has 2 aromatic heterocycles. The summed E-state index contributed by atoms with van der Waals surface area (Å²) in [5.74, 6) is -2.09. The maximum absolute atomic E-state index is 13.3. The minimum absolute atomic E-state index is 0.0998. The van der Waals surface area contributed by atoms with Gasteiger partial charge in [0.1, 0.15) is 29.6 Å². The molecule has 0 aromatic carbocycles. The van der Waals surface area contributed by atoms with Crippen molar-refractivity contribution in [2.75, 3.05) is 12.4 Å². The average molecular weight is 569 g/mol. The summed E-state index contributed by atoms with van der Waals surface area (Å²) in [5, 5.41) is 14.1. The molecule has 3 atom stereocenters. The van der Waals surface area contributed by atoms with Gasteiger partial charge in [-0.25, -0.2) is 0 Å². The van der Waals surface area contributed by atoms with Gasteiger partial charge in [0.05, 0.1) is 5.69 Å².